The zero-order valence-electron chi connectivity index (χ0n) is 22.0. The van der Waals surface area contributed by atoms with Crippen LogP contribution in [0.2, 0.25) is 0 Å². The van der Waals surface area contributed by atoms with Gasteiger partial charge in [0.25, 0.3) is 0 Å². The quantitative estimate of drug-likeness (QED) is 0.478. The van der Waals surface area contributed by atoms with Crippen LogP contribution in [0, 0.1) is 5.92 Å². The molecule has 0 fully saturated rings. The molecule has 2 heterocycles. The van der Waals surface area contributed by atoms with Gasteiger partial charge in [-0.3, -0.25) is 4.98 Å². The minimum Gasteiger partial charge on any atom is -0.396 e. The second kappa shape index (κ2) is 13.4. The summed E-state index contributed by atoms with van der Waals surface area (Å²) in [4.78, 5) is 17.3. The number of anilines is 2. The van der Waals surface area contributed by atoms with Crippen LogP contribution in [-0.4, -0.2) is 47.3 Å². The van der Waals surface area contributed by atoms with Crippen molar-refractivity contribution in [3.63, 3.8) is 0 Å². The zero-order valence-corrected chi connectivity index (χ0v) is 22.0. The lowest BCUT2D eigenvalue weighted by atomic mass is 9.89. The van der Waals surface area contributed by atoms with Gasteiger partial charge in [-0.25, -0.2) is 9.97 Å². The Morgan fingerprint density at radius 2 is 1.69 bits per heavy atom. The largest absolute Gasteiger partial charge is 0.396 e. The molecule has 0 spiro atoms. The van der Waals surface area contributed by atoms with Crippen LogP contribution in [0.3, 0.4) is 0 Å². The number of hydrogen-bond donors (Lipinski definition) is 2. The highest BCUT2D eigenvalue weighted by Crippen LogP contribution is 2.36. The Hall–Kier alpha value is -2.21. The number of pyridine rings is 1. The number of aliphatic hydroxyl groups excluding tert-OH is 1. The van der Waals surface area contributed by atoms with Crippen LogP contribution in [0.15, 0.2) is 12.1 Å². The molecule has 2 aromatic rings. The van der Waals surface area contributed by atoms with Gasteiger partial charge in [-0.05, 0) is 43.7 Å². The zero-order chi connectivity index (χ0) is 24.4. The van der Waals surface area contributed by atoms with E-state index in [0.717, 1.165) is 59.4 Å². The molecule has 1 unspecified atom stereocenters. The van der Waals surface area contributed by atoms with Gasteiger partial charge in [0, 0.05) is 44.4 Å². The normalized spacial score (nSPS) is 12.8. The molecule has 0 saturated heterocycles. The fourth-order valence-electron chi connectivity index (χ4n) is 3.57. The maximum absolute atomic E-state index is 9.41. The lowest BCUT2D eigenvalue weighted by molar-refractivity contribution is 0.251. The van der Waals surface area contributed by atoms with Crippen molar-refractivity contribution in [3.8, 4) is 11.3 Å². The summed E-state index contributed by atoms with van der Waals surface area (Å²) in [5, 5.41) is 12.7. The summed E-state index contributed by atoms with van der Waals surface area (Å²) < 4.78 is 0. The van der Waals surface area contributed by atoms with E-state index in [2.05, 4.69) is 70.9 Å². The molecule has 180 valence electrons. The summed E-state index contributed by atoms with van der Waals surface area (Å²) in [7, 11) is 3.96. The van der Waals surface area contributed by atoms with Gasteiger partial charge < -0.3 is 15.3 Å². The lowest BCUT2D eigenvalue weighted by Gasteiger charge is -2.27. The predicted molar refractivity (Wildman–Crippen MR) is 138 cm³/mol. The van der Waals surface area contributed by atoms with Crippen molar-refractivity contribution in [2.75, 3.05) is 37.5 Å². The standard InChI is InChI=1S/C24H39N5O.C2H6/c1-9-19-22(18-11-12-20(15(3)4)27-23(18)25-7)28-24(29(8)10-2)21(26-19)17(6)16(5)13-14-30;1-2/h11-12,15-17,30H,9-10,13-14H2,1-8H3,(H,25,27);1-2H3/t16-,17?;/m0./s1. The van der Waals surface area contributed by atoms with Crippen molar-refractivity contribution in [2.24, 2.45) is 5.92 Å². The Kier molecular flexibility index (Phi) is 11.6. The number of aliphatic hydroxyl groups is 1. The van der Waals surface area contributed by atoms with Gasteiger partial charge >= 0.3 is 0 Å². The topological polar surface area (TPSA) is 74.2 Å². The van der Waals surface area contributed by atoms with E-state index in [1.807, 2.05) is 20.9 Å². The number of rotatable bonds is 10. The molecule has 2 aromatic heterocycles. The van der Waals surface area contributed by atoms with Crippen LogP contribution in [0.4, 0.5) is 11.6 Å². The molecule has 0 aliphatic rings. The van der Waals surface area contributed by atoms with E-state index in [9.17, 15) is 5.11 Å². The second-order valence-electron chi connectivity index (χ2n) is 8.41. The Morgan fingerprint density at radius 3 is 2.19 bits per heavy atom. The van der Waals surface area contributed by atoms with Crippen LogP contribution < -0.4 is 10.2 Å². The lowest BCUT2D eigenvalue weighted by Crippen LogP contribution is -2.23. The summed E-state index contributed by atoms with van der Waals surface area (Å²) in [6, 6.07) is 4.20. The summed E-state index contributed by atoms with van der Waals surface area (Å²) in [5.74, 6) is 2.64. The van der Waals surface area contributed by atoms with Gasteiger partial charge in [0.2, 0.25) is 0 Å². The molecule has 0 aliphatic carbocycles. The van der Waals surface area contributed by atoms with Crippen LogP contribution in [0.1, 0.15) is 90.7 Å². The SMILES string of the molecule is CC.CCc1nc(C(C)[C@@H](C)CCO)c(N(C)CC)nc1-c1ccc(C(C)C)nc1NC. The third-order valence-corrected chi connectivity index (χ3v) is 6.02. The molecule has 0 aromatic carbocycles. The molecule has 2 N–H and O–H groups in total. The highest BCUT2D eigenvalue weighted by Gasteiger charge is 2.25. The fraction of sp³-hybridized carbons (Fsp3) is 0.654. The minimum atomic E-state index is 0.190. The van der Waals surface area contributed by atoms with E-state index in [4.69, 9.17) is 15.0 Å². The van der Waals surface area contributed by atoms with Crippen LogP contribution in [-0.2, 0) is 6.42 Å². The first kappa shape index (κ1) is 27.8. The Bertz CT molecular complexity index is 837. The van der Waals surface area contributed by atoms with Crippen LogP contribution >= 0.6 is 0 Å². The molecule has 6 nitrogen and oxygen atoms in total. The van der Waals surface area contributed by atoms with Crippen molar-refractivity contribution in [3.05, 3.63) is 29.2 Å². The van der Waals surface area contributed by atoms with Crippen molar-refractivity contribution in [1.82, 2.24) is 15.0 Å². The van der Waals surface area contributed by atoms with Gasteiger partial charge in [0.15, 0.2) is 5.82 Å². The summed E-state index contributed by atoms with van der Waals surface area (Å²) in [6.45, 7) is 17.9. The first-order valence-corrected chi connectivity index (χ1v) is 12.2. The first-order valence-electron chi connectivity index (χ1n) is 12.2. The molecule has 0 aliphatic heterocycles. The molecule has 2 atom stereocenters. The number of nitrogens with one attached hydrogen (secondary N) is 1. The van der Waals surface area contributed by atoms with E-state index in [1.165, 1.54) is 0 Å². The maximum atomic E-state index is 9.41. The van der Waals surface area contributed by atoms with Crippen LogP contribution in [0.25, 0.3) is 11.3 Å². The molecular weight excluding hydrogens is 398 g/mol. The highest BCUT2D eigenvalue weighted by molar-refractivity contribution is 5.75. The smallest absolute Gasteiger partial charge is 0.151 e. The van der Waals surface area contributed by atoms with Gasteiger partial charge in [-0.1, -0.05) is 48.5 Å². The molecule has 0 radical (unpaired) electrons. The molecule has 32 heavy (non-hydrogen) atoms. The summed E-state index contributed by atoms with van der Waals surface area (Å²) in [6.07, 6.45) is 1.55. The van der Waals surface area contributed by atoms with Crippen LogP contribution in [0.5, 0.6) is 0 Å². The van der Waals surface area contributed by atoms with Crippen molar-refractivity contribution in [2.45, 2.75) is 80.1 Å². The second-order valence-corrected chi connectivity index (χ2v) is 8.41. The number of nitrogens with zero attached hydrogens (tertiary/aromatic N) is 4. The molecule has 0 saturated carbocycles. The average Bonchev–Trinajstić information content (AvgIpc) is 2.83. The first-order chi connectivity index (χ1) is 15.3. The predicted octanol–water partition coefficient (Wildman–Crippen LogP) is 5.87. The maximum Gasteiger partial charge on any atom is 0.151 e. The van der Waals surface area contributed by atoms with E-state index in [0.29, 0.717) is 11.8 Å². The average molecular weight is 444 g/mol. The third-order valence-electron chi connectivity index (χ3n) is 6.02. The molecule has 2 rings (SSSR count). The monoisotopic (exact) mass is 443 g/mol. The fourth-order valence-corrected chi connectivity index (χ4v) is 3.57. The number of hydrogen-bond acceptors (Lipinski definition) is 6. The third kappa shape index (κ3) is 6.41. The molecule has 6 heteroatoms. The van der Waals surface area contributed by atoms with Crippen molar-refractivity contribution >= 4 is 11.6 Å². The van der Waals surface area contributed by atoms with Gasteiger partial charge in [-0.2, -0.15) is 0 Å². The summed E-state index contributed by atoms with van der Waals surface area (Å²) >= 11 is 0. The molecular formula is C26H45N5O. The van der Waals surface area contributed by atoms with Crippen molar-refractivity contribution in [1.29, 1.82) is 0 Å². The minimum absolute atomic E-state index is 0.190. The Balaban J connectivity index is 0.00000249. The van der Waals surface area contributed by atoms with E-state index >= 15 is 0 Å². The Morgan fingerprint density at radius 1 is 1.03 bits per heavy atom. The summed E-state index contributed by atoms with van der Waals surface area (Å²) in [5.41, 5.74) is 4.93. The highest BCUT2D eigenvalue weighted by atomic mass is 16.3. The number of aromatic nitrogens is 3. The van der Waals surface area contributed by atoms with Gasteiger partial charge in [-0.15, -0.1) is 0 Å². The van der Waals surface area contributed by atoms with E-state index in [-0.39, 0.29) is 12.5 Å². The van der Waals surface area contributed by atoms with E-state index < -0.39 is 0 Å². The van der Waals surface area contributed by atoms with Crippen molar-refractivity contribution < 1.29 is 5.11 Å². The Labute approximate surface area is 195 Å². The number of aryl methyl sites for hydroxylation is 1. The molecule has 0 amide bonds. The van der Waals surface area contributed by atoms with E-state index in [1.54, 1.807) is 0 Å². The van der Waals surface area contributed by atoms with Gasteiger partial charge in [0.1, 0.15) is 5.82 Å². The molecule has 0 bridgehead atoms. The van der Waals surface area contributed by atoms with Gasteiger partial charge in [0.05, 0.1) is 17.1 Å².